The number of ether oxygens (including phenoxy) is 2. The maximum Gasteiger partial charge on any atom is 0.302 e. The summed E-state index contributed by atoms with van der Waals surface area (Å²) in [6.07, 6.45) is 36.2. The Kier molecular flexibility index (Phi) is 10.3. The van der Waals surface area contributed by atoms with Crippen LogP contribution in [0.1, 0.15) is 195 Å². The van der Waals surface area contributed by atoms with Gasteiger partial charge in [-0.15, -0.1) is 0 Å². The monoisotopic (exact) mass is 873 g/mol. The van der Waals surface area contributed by atoms with Crippen molar-refractivity contribution in [3.63, 3.8) is 0 Å². The van der Waals surface area contributed by atoms with Crippen molar-refractivity contribution in [1.29, 1.82) is 0 Å². The van der Waals surface area contributed by atoms with Crippen LogP contribution in [-0.4, -0.2) is 33.3 Å². The van der Waals surface area contributed by atoms with Crippen molar-refractivity contribution in [2.24, 2.45) is 68.0 Å². The lowest BCUT2D eigenvalue weighted by Gasteiger charge is -2.69. The highest BCUT2D eigenvalue weighted by molar-refractivity contribution is 5.68. The normalized spacial score (nSPS) is 44.4. The Morgan fingerprint density at radius 3 is 1.30 bits per heavy atom. The quantitative estimate of drug-likeness (QED) is 0.205. The van der Waals surface area contributed by atoms with Crippen LogP contribution in [0.5, 0.6) is 0 Å². The number of esters is 2. The summed E-state index contributed by atoms with van der Waals surface area (Å²) in [5.74, 6) is 2.82. The van der Waals surface area contributed by atoms with Crippen LogP contribution < -0.4 is 0 Å². The average Bonchev–Trinajstić information content (AvgIpc) is 3.82. The minimum atomic E-state index is -0.268. The van der Waals surface area contributed by atoms with Gasteiger partial charge in [-0.05, 0) is 167 Å². The topological polar surface area (TPSA) is 62.5 Å². The fourth-order valence-corrected chi connectivity index (χ4v) is 19.6. The zero-order valence-corrected chi connectivity index (χ0v) is 42.1. The van der Waals surface area contributed by atoms with Crippen LogP contribution >= 0.6 is 0 Å². The highest BCUT2D eigenvalue weighted by Gasteiger charge is 2.69. The average molecular weight is 873 g/mol. The summed E-state index contributed by atoms with van der Waals surface area (Å²) in [5.41, 5.74) is 6.34. The van der Waals surface area contributed by atoms with E-state index < -0.39 is 0 Å². The van der Waals surface area contributed by atoms with Crippen molar-refractivity contribution in [2.75, 3.05) is 0 Å². The minimum Gasteiger partial charge on any atom is -0.462 e. The van der Waals surface area contributed by atoms with Gasteiger partial charge in [0.05, 0.1) is 0 Å². The van der Waals surface area contributed by atoms with E-state index in [0.717, 1.165) is 38.8 Å². The number of hydrogen-bond donors (Lipinski definition) is 0. The van der Waals surface area contributed by atoms with E-state index in [0.29, 0.717) is 46.3 Å². The van der Waals surface area contributed by atoms with Crippen molar-refractivity contribution in [2.45, 2.75) is 209 Å². The van der Waals surface area contributed by atoms with Crippen LogP contribution in [0.2, 0.25) is 0 Å². The second-order valence-corrected chi connectivity index (χ2v) is 26.3. The van der Waals surface area contributed by atoms with Crippen LogP contribution in [0.15, 0.2) is 36.9 Å². The first-order valence-electron chi connectivity index (χ1n) is 26.1. The van der Waals surface area contributed by atoms with Crippen molar-refractivity contribution in [3.05, 3.63) is 59.2 Å². The number of aromatic nitrogens is 2. The van der Waals surface area contributed by atoms with Gasteiger partial charge in [-0.1, -0.05) is 106 Å². The molecule has 0 bridgehead atoms. The summed E-state index contributed by atoms with van der Waals surface area (Å²) in [4.78, 5) is 25.9. The molecular formula is C58H84N2O4. The Balaban J connectivity index is 0.863. The van der Waals surface area contributed by atoms with Gasteiger partial charge in [0.2, 0.25) is 0 Å². The Hall–Kier alpha value is -3.02. The molecule has 0 unspecified atom stereocenters. The van der Waals surface area contributed by atoms with Gasteiger partial charge in [-0.25, -0.2) is 0 Å². The van der Waals surface area contributed by atoms with Crippen molar-refractivity contribution >= 4 is 24.1 Å². The van der Waals surface area contributed by atoms with Crippen molar-refractivity contribution in [3.8, 4) is 0 Å². The van der Waals surface area contributed by atoms with E-state index in [-0.39, 0.29) is 56.6 Å². The van der Waals surface area contributed by atoms with Gasteiger partial charge < -0.3 is 18.6 Å². The summed E-state index contributed by atoms with van der Waals surface area (Å²) in [5, 5.41) is 0. The van der Waals surface area contributed by atoms with Crippen LogP contribution in [0.25, 0.3) is 12.2 Å². The van der Waals surface area contributed by atoms with Crippen molar-refractivity contribution in [1.82, 2.24) is 9.13 Å². The first kappa shape index (κ1) is 44.8. The van der Waals surface area contributed by atoms with E-state index in [1.807, 2.05) is 0 Å². The fraction of sp³-hybridized carbons (Fsp3) is 0.759. The number of aryl methyl sites for hydroxylation is 2. The SMILES string of the molecule is CC(=O)O[C@@H]1C[C@@H]2[C@@]3(C)CCCC(C)(C)[C@@H]3CC[C@@]2(C)[C@@H]2C=Cc3cn(CCCCn4cc5c(c4)[C@@]4(C)[C@H](OC(C)=O)C[C@@H]6[C@@]7(C)CCCC(C)(C)[C@@H]7CC[C@@]6(C)[C@@H]4C=C5)cc3[C@@]12C. The summed E-state index contributed by atoms with van der Waals surface area (Å²) < 4.78 is 17.9. The molecule has 6 fully saturated rings. The lowest BCUT2D eigenvalue weighted by atomic mass is 9.36. The van der Waals surface area contributed by atoms with Gasteiger partial charge in [0.15, 0.2) is 0 Å². The zero-order chi connectivity index (χ0) is 45.6. The van der Waals surface area contributed by atoms with Gasteiger partial charge in [0, 0.05) is 62.6 Å². The van der Waals surface area contributed by atoms with E-state index in [1.165, 1.54) is 86.5 Å². The largest absolute Gasteiger partial charge is 0.462 e. The maximum atomic E-state index is 12.9. The molecule has 8 aliphatic rings. The van der Waals surface area contributed by atoms with Gasteiger partial charge in [0.25, 0.3) is 0 Å². The summed E-state index contributed by atoms with van der Waals surface area (Å²) in [6, 6.07) is 0. The predicted molar refractivity (Wildman–Crippen MR) is 258 cm³/mol. The second kappa shape index (κ2) is 14.7. The second-order valence-electron chi connectivity index (χ2n) is 26.3. The Labute approximate surface area is 387 Å². The molecule has 0 radical (unpaired) electrons. The third-order valence-corrected chi connectivity index (χ3v) is 22.2. The third kappa shape index (κ3) is 6.26. The number of hydrogen-bond acceptors (Lipinski definition) is 4. The molecule has 6 nitrogen and oxygen atoms in total. The number of unbranched alkanes of at least 4 members (excludes halogenated alkanes) is 1. The molecule has 64 heavy (non-hydrogen) atoms. The molecule has 6 heteroatoms. The molecule has 14 atom stereocenters. The molecule has 0 aromatic carbocycles. The molecular weight excluding hydrogens is 789 g/mol. The van der Waals surface area contributed by atoms with Crippen LogP contribution in [-0.2, 0) is 43.0 Å². The molecule has 350 valence electrons. The molecule has 0 spiro atoms. The maximum absolute atomic E-state index is 12.9. The van der Waals surface area contributed by atoms with Gasteiger partial charge in [0.1, 0.15) is 12.2 Å². The van der Waals surface area contributed by atoms with Gasteiger partial charge in [-0.2, -0.15) is 0 Å². The molecule has 8 aliphatic carbocycles. The van der Waals surface area contributed by atoms with E-state index in [1.54, 1.807) is 13.8 Å². The van der Waals surface area contributed by atoms with Crippen molar-refractivity contribution < 1.29 is 19.1 Å². The highest BCUT2D eigenvalue weighted by Crippen LogP contribution is 2.74. The fourth-order valence-electron chi connectivity index (χ4n) is 19.6. The number of rotatable bonds is 7. The number of carbonyl (C=O) groups is 2. The molecule has 2 heterocycles. The molecule has 0 saturated heterocycles. The predicted octanol–water partition coefficient (Wildman–Crippen LogP) is 13.7. The summed E-state index contributed by atoms with van der Waals surface area (Å²) in [6.45, 7) is 30.6. The number of carbonyl (C=O) groups excluding carboxylic acids is 2. The smallest absolute Gasteiger partial charge is 0.302 e. The molecule has 6 saturated carbocycles. The highest BCUT2D eigenvalue weighted by atomic mass is 16.5. The van der Waals surface area contributed by atoms with E-state index >= 15 is 0 Å². The van der Waals surface area contributed by atoms with E-state index in [2.05, 4.69) is 127 Å². The molecule has 0 N–H and O–H groups in total. The first-order chi connectivity index (χ1) is 30.0. The number of nitrogens with zero attached hydrogens (tertiary/aromatic N) is 2. The Morgan fingerprint density at radius 2 is 0.922 bits per heavy atom. The summed E-state index contributed by atoms with van der Waals surface area (Å²) >= 11 is 0. The molecule has 0 aliphatic heterocycles. The van der Waals surface area contributed by atoms with Crippen LogP contribution in [0.4, 0.5) is 0 Å². The standard InChI is InChI=1S/C58H84N2O4/c1-37(61)63-49-31-47-53(7)25-15-23-51(3,4)43(53)21-27-55(47,9)45-19-17-39-33-59(35-41(39)57(45,49)11)29-13-14-30-60-34-40-18-20-46-56(10)28-22-44-52(5,6)24-16-26-54(44,8)48(56)32-50(64-38(2)62)58(46,12)42(40)36-60/h17-20,33-36,43-50H,13-16,21-32H2,1-12H3/t43-,44-,45-,46-,47+,48+,49+,50+,53-,54-,55-,56-,57+,58+/m0/s1. The van der Waals surface area contributed by atoms with E-state index in [9.17, 15) is 9.59 Å². The Bertz CT molecular complexity index is 2100. The zero-order valence-electron chi connectivity index (χ0n) is 42.1. The number of allylic oxidation sites excluding steroid dienone is 2. The lowest BCUT2D eigenvalue weighted by molar-refractivity contribution is -0.205. The molecule has 0 amide bonds. The van der Waals surface area contributed by atoms with Crippen LogP contribution in [0.3, 0.4) is 0 Å². The van der Waals surface area contributed by atoms with Gasteiger partial charge in [-0.3, -0.25) is 9.59 Å². The first-order valence-corrected chi connectivity index (χ1v) is 26.1. The molecule has 2 aromatic rings. The number of fused-ring (bicyclic) bond motifs is 14. The third-order valence-electron chi connectivity index (χ3n) is 22.2. The van der Waals surface area contributed by atoms with Crippen LogP contribution in [0, 0.1) is 68.0 Å². The van der Waals surface area contributed by atoms with Gasteiger partial charge >= 0.3 is 11.9 Å². The molecule has 2 aromatic heterocycles. The van der Waals surface area contributed by atoms with E-state index in [4.69, 9.17) is 9.47 Å². The summed E-state index contributed by atoms with van der Waals surface area (Å²) in [7, 11) is 0. The minimum absolute atomic E-state index is 0.140. The Morgan fingerprint density at radius 1 is 0.531 bits per heavy atom. The molecule has 10 rings (SSSR count). The lowest BCUT2D eigenvalue weighted by Crippen LogP contribution is -2.66.